The number of thioether (sulfide) groups is 1. The molecule has 0 fully saturated rings. The van der Waals surface area contributed by atoms with E-state index in [1.165, 1.54) is 11.8 Å². The lowest BCUT2D eigenvalue weighted by Gasteiger charge is -2.14. The molecule has 0 atom stereocenters. The Morgan fingerprint density at radius 1 is 1.19 bits per heavy atom. The topological polar surface area (TPSA) is 73.3 Å². The van der Waals surface area contributed by atoms with E-state index >= 15 is 0 Å². The molecule has 140 valence electrons. The molecular weight excluding hydrogens is 382 g/mol. The summed E-state index contributed by atoms with van der Waals surface area (Å²) >= 11 is 2.98. The van der Waals surface area contributed by atoms with Crippen LogP contribution < -0.4 is 14.8 Å². The standard InChI is InChI=1S/C19H19N3O3S2/c1-11-16(19(26-4)22-17(20-11)15-6-5-9-27-15)18(23)21-13-8-7-12(24-2)10-14(13)25-3/h5-10H,1-4H3,(H,21,23). The lowest BCUT2D eigenvalue weighted by molar-refractivity contribution is 0.102. The van der Waals surface area contributed by atoms with Crippen molar-refractivity contribution < 1.29 is 14.3 Å². The van der Waals surface area contributed by atoms with Gasteiger partial charge in [0.15, 0.2) is 5.82 Å². The number of carbonyl (C=O) groups is 1. The van der Waals surface area contributed by atoms with Gasteiger partial charge in [0.2, 0.25) is 0 Å². The van der Waals surface area contributed by atoms with E-state index in [0.717, 1.165) is 4.88 Å². The first-order chi connectivity index (χ1) is 13.1. The van der Waals surface area contributed by atoms with Crippen molar-refractivity contribution in [3.05, 3.63) is 47.0 Å². The van der Waals surface area contributed by atoms with Gasteiger partial charge < -0.3 is 14.8 Å². The van der Waals surface area contributed by atoms with Crippen molar-refractivity contribution >= 4 is 34.7 Å². The number of rotatable bonds is 6. The molecule has 2 heterocycles. The van der Waals surface area contributed by atoms with Crippen LogP contribution in [0.3, 0.4) is 0 Å². The Morgan fingerprint density at radius 2 is 2.00 bits per heavy atom. The van der Waals surface area contributed by atoms with Crippen molar-refractivity contribution in [3.8, 4) is 22.2 Å². The van der Waals surface area contributed by atoms with Gasteiger partial charge in [0.1, 0.15) is 16.5 Å². The number of hydrogen-bond donors (Lipinski definition) is 1. The quantitative estimate of drug-likeness (QED) is 0.484. The molecule has 27 heavy (non-hydrogen) atoms. The Balaban J connectivity index is 1.95. The number of methoxy groups -OCH3 is 2. The number of aromatic nitrogens is 2. The SMILES string of the molecule is COc1ccc(NC(=O)c2c(C)nc(-c3cccs3)nc2SC)c(OC)c1. The van der Waals surface area contributed by atoms with Crippen molar-refractivity contribution in [1.29, 1.82) is 0 Å². The zero-order valence-electron chi connectivity index (χ0n) is 15.4. The van der Waals surface area contributed by atoms with E-state index in [9.17, 15) is 4.79 Å². The first-order valence-corrected chi connectivity index (χ1v) is 10.2. The molecule has 0 aliphatic rings. The van der Waals surface area contributed by atoms with Crippen LogP contribution in [-0.4, -0.2) is 36.4 Å². The number of ether oxygens (including phenoxy) is 2. The van der Waals surface area contributed by atoms with Gasteiger partial charge in [0, 0.05) is 6.07 Å². The summed E-state index contributed by atoms with van der Waals surface area (Å²) in [7, 11) is 3.12. The molecule has 6 nitrogen and oxygen atoms in total. The summed E-state index contributed by atoms with van der Waals surface area (Å²) in [5.74, 6) is 1.51. The summed E-state index contributed by atoms with van der Waals surface area (Å²) in [6.45, 7) is 1.82. The van der Waals surface area contributed by atoms with Crippen LogP contribution >= 0.6 is 23.1 Å². The maximum absolute atomic E-state index is 12.9. The zero-order valence-corrected chi connectivity index (χ0v) is 17.0. The Morgan fingerprint density at radius 3 is 2.63 bits per heavy atom. The van der Waals surface area contributed by atoms with Crippen LogP contribution in [0.2, 0.25) is 0 Å². The summed E-state index contributed by atoms with van der Waals surface area (Å²) in [6.07, 6.45) is 1.89. The predicted octanol–water partition coefficient (Wildman–Crippen LogP) is 4.50. The van der Waals surface area contributed by atoms with Gasteiger partial charge in [-0.25, -0.2) is 9.97 Å². The van der Waals surface area contributed by atoms with Crippen LogP contribution in [0.1, 0.15) is 16.1 Å². The number of thiophene rings is 1. The van der Waals surface area contributed by atoms with E-state index in [0.29, 0.717) is 39.3 Å². The van der Waals surface area contributed by atoms with Crippen molar-refractivity contribution in [3.63, 3.8) is 0 Å². The molecule has 0 unspecified atom stereocenters. The highest BCUT2D eigenvalue weighted by atomic mass is 32.2. The van der Waals surface area contributed by atoms with Crippen LogP contribution in [0.15, 0.2) is 40.7 Å². The van der Waals surface area contributed by atoms with E-state index in [-0.39, 0.29) is 5.91 Å². The Hall–Kier alpha value is -2.58. The molecule has 1 N–H and O–H groups in total. The third kappa shape index (κ3) is 4.06. The highest BCUT2D eigenvalue weighted by Crippen LogP contribution is 2.31. The number of nitrogens with zero attached hydrogens (tertiary/aromatic N) is 2. The van der Waals surface area contributed by atoms with Crippen LogP contribution in [0.5, 0.6) is 11.5 Å². The molecule has 3 rings (SSSR count). The molecule has 0 radical (unpaired) electrons. The van der Waals surface area contributed by atoms with Crippen LogP contribution in [0.25, 0.3) is 10.7 Å². The summed E-state index contributed by atoms with van der Waals surface area (Å²) < 4.78 is 10.5. The van der Waals surface area contributed by atoms with Crippen LogP contribution in [0.4, 0.5) is 5.69 Å². The van der Waals surface area contributed by atoms with Crippen molar-refractivity contribution in [2.24, 2.45) is 0 Å². The molecule has 1 amide bonds. The first-order valence-electron chi connectivity index (χ1n) is 8.07. The average Bonchev–Trinajstić information content (AvgIpc) is 3.22. The lowest BCUT2D eigenvalue weighted by Crippen LogP contribution is -2.17. The van der Waals surface area contributed by atoms with Crippen LogP contribution in [-0.2, 0) is 0 Å². The molecule has 0 bridgehead atoms. The Bertz CT molecular complexity index is 959. The molecule has 2 aromatic heterocycles. The molecule has 0 aliphatic heterocycles. The van der Waals surface area contributed by atoms with Gasteiger partial charge in [0.05, 0.1) is 36.0 Å². The third-order valence-corrected chi connectivity index (χ3v) is 5.42. The summed E-state index contributed by atoms with van der Waals surface area (Å²) in [6, 6.07) is 9.13. The van der Waals surface area contributed by atoms with Crippen molar-refractivity contribution in [1.82, 2.24) is 9.97 Å². The van der Waals surface area contributed by atoms with E-state index in [4.69, 9.17) is 9.47 Å². The second kappa shape index (κ2) is 8.41. The fourth-order valence-electron chi connectivity index (χ4n) is 2.56. The summed E-state index contributed by atoms with van der Waals surface area (Å²) in [4.78, 5) is 23.0. The normalized spacial score (nSPS) is 10.5. The first kappa shape index (κ1) is 19.2. The van der Waals surface area contributed by atoms with Gasteiger partial charge in [-0.3, -0.25) is 4.79 Å². The Labute approximate surface area is 166 Å². The molecule has 0 aliphatic carbocycles. The number of benzene rings is 1. The van der Waals surface area contributed by atoms with Gasteiger partial charge in [-0.05, 0) is 36.8 Å². The highest BCUT2D eigenvalue weighted by Gasteiger charge is 2.20. The Kier molecular flexibility index (Phi) is 5.98. The predicted molar refractivity (Wildman–Crippen MR) is 109 cm³/mol. The minimum Gasteiger partial charge on any atom is -0.497 e. The summed E-state index contributed by atoms with van der Waals surface area (Å²) in [5.41, 5.74) is 1.64. The minimum atomic E-state index is -0.280. The lowest BCUT2D eigenvalue weighted by atomic mass is 10.2. The van der Waals surface area contributed by atoms with Gasteiger partial charge in [-0.1, -0.05) is 6.07 Å². The van der Waals surface area contributed by atoms with Gasteiger partial charge in [0.25, 0.3) is 5.91 Å². The number of amides is 1. The molecule has 8 heteroatoms. The van der Waals surface area contributed by atoms with Gasteiger partial charge in [-0.15, -0.1) is 23.1 Å². The number of anilines is 1. The van der Waals surface area contributed by atoms with E-state index in [1.54, 1.807) is 43.8 Å². The summed E-state index contributed by atoms with van der Waals surface area (Å²) in [5, 5.41) is 5.50. The van der Waals surface area contributed by atoms with E-state index in [2.05, 4.69) is 15.3 Å². The molecule has 1 aromatic carbocycles. The van der Waals surface area contributed by atoms with Crippen molar-refractivity contribution in [2.45, 2.75) is 11.9 Å². The molecular formula is C19H19N3O3S2. The number of aryl methyl sites for hydroxylation is 1. The largest absolute Gasteiger partial charge is 0.497 e. The molecule has 0 saturated carbocycles. The maximum Gasteiger partial charge on any atom is 0.260 e. The van der Waals surface area contributed by atoms with E-state index < -0.39 is 0 Å². The fraction of sp³-hybridized carbons (Fsp3) is 0.211. The van der Waals surface area contributed by atoms with E-state index in [1.807, 2.05) is 30.7 Å². The van der Waals surface area contributed by atoms with Crippen LogP contribution in [0, 0.1) is 6.92 Å². The second-order valence-corrected chi connectivity index (χ2v) is 7.26. The molecule has 0 saturated heterocycles. The molecule has 0 spiro atoms. The van der Waals surface area contributed by atoms with Gasteiger partial charge >= 0.3 is 0 Å². The maximum atomic E-state index is 12.9. The molecule has 3 aromatic rings. The smallest absolute Gasteiger partial charge is 0.260 e. The second-order valence-electron chi connectivity index (χ2n) is 5.51. The third-order valence-electron chi connectivity index (χ3n) is 3.88. The average molecular weight is 402 g/mol. The highest BCUT2D eigenvalue weighted by molar-refractivity contribution is 7.98. The van der Waals surface area contributed by atoms with Crippen molar-refractivity contribution in [2.75, 3.05) is 25.8 Å². The minimum absolute atomic E-state index is 0.280. The fourth-order valence-corrected chi connectivity index (χ4v) is 3.84. The van der Waals surface area contributed by atoms with Gasteiger partial charge in [-0.2, -0.15) is 0 Å². The zero-order chi connectivity index (χ0) is 19.4. The number of carbonyl (C=O) groups excluding carboxylic acids is 1. The number of hydrogen-bond acceptors (Lipinski definition) is 7. The number of nitrogens with one attached hydrogen (secondary N) is 1. The monoisotopic (exact) mass is 401 g/mol.